The zero-order chi connectivity index (χ0) is 14.3. The highest BCUT2D eigenvalue weighted by molar-refractivity contribution is 7.89. The van der Waals surface area contributed by atoms with Crippen LogP contribution in [0, 0.1) is 0 Å². The van der Waals surface area contributed by atoms with Crippen LogP contribution in [0.3, 0.4) is 0 Å². The molecule has 0 aliphatic heterocycles. The first-order valence-electron chi connectivity index (χ1n) is 6.06. The third-order valence-corrected chi connectivity index (χ3v) is 4.14. The van der Waals surface area contributed by atoms with Gasteiger partial charge >= 0.3 is 0 Å². The number of sulfonamides is 1. The van der Waals surface area contributed by atoms with E-state index in [4.69, 9.17) is 11.5 Å². The van der Waals surface area contributed by atoms with Crippen LogP contribution >= 0.6 is 0 Å². The number of unbranched alkanes of at least 4 members (excludes halogenated alkanes) is 2. The van der Waals surface area contributed by atoms with Crippen LogP contribution in [-0.2, 0) is 14.8 Å². The van der Waals surface area contributed by atoms with Gasteiger partial charge in [-0.25, -0.2) is 13.1 Å². The van der Waals surface area contributed by atoms with Crippen molar-refractivity contribution in [2.75, 3.05) is 12.3 Å². The van der Waals surface area contributed by atoms with Crippen LogP contribution in [0.1, 0.15) is 25.7 Å². The summed E-state index contributed by atoms with van der Waals surface area (Å²) >= 11 is 0. The molecule has 1 rings (SSSR count). The van der Waals surface area contributed by atoms with Gasteiger partial charge in [0.1, 0.15) is 4.90 Å². The van der Waals surface area contributed by atoms with E-state index >= 15 is 0 Å². The van der Waals surface area contributed by atoms with Crippen molar-refractivity contribution in [3.05, 3.63) is 24.3 Å². The van der Waals surface area contributed by atoms with Crippen molar-refractivity contribution < 1.29 is 13.2 Å². The van der Waals surface area contributed by atoms with Gasteiger partial charge in [0.2, 0.25) is 15.9 Å². The number of carbonyl (C=O) groups excluding carboxylic acids is 1. The molecule has 0 fully saturated rings. The van der Waals surface area contributed by atoms with E-state index in [1.54, 1.807) is 18.2 Å². The zero-order valence-corrected chi connectivity index (χ0v) is 11.4. The van der Waals surface area contributed by atoms with Crippen LogP contribution in [0.15, 0.2) is 29.2 Å². The lowest BCUT2D eigenvalue weighted by atomic mass is 10.2. The molecule has 0 unspecified atom stereocenters. The third kappa shape index (κ3) is 5.27. The van der Waals surface area contributed by atoms with Gasteiger partial charge in [0, 0.05) is 13.0 Å². The van der Waals surface area contributed by atoms with Crippen LogP contribution < -0.4 is 16.2 Å². The number of rotatable bonds is 8. The molecule has 0 spiro atoms. The fraction of sp³-hybridized carbons (Fsp3) is 0.417. The summed E-state index contributed by atoms with van der Waals surface area (Å²) in [6, 6.07) is 6.31. The van der Waals surface area contributed by atoms with Crippen LogP contribution in [0.25, 0.3) is 0 Å². The average Bonchev–Trinajstić information content (AvgIpc) is 2.33. The summed E-state index contributed by atoms with van der Waals surface area (Å²) < 4.78 is 26.3. The minimum Gasteiger partial charge on any atom is -0.398 e. The molecule has 1 amide bonds. The van der Waals surface area contributed by atoms with Crippen molar-refractivity contribution >= 4 is 21.6 Å². The van der Waals surface area contributed by atoms with Crippen LogP contribution in [-0.4, -0.2) is 20.9 Å². The molecule has 7 heteroatoms. The average molecular weight is 285 g/mol. The summed E-state index contributed by atoms with van der Waals surface area (Å²) in [5.74, 6) is -0.336. The Labute approximate surface area is 113 Å². The lowest BCUT2D eigenvalue weighted by Gasteiger charge is -2.08. The largest absolute Gasteiger partial charge is 0.398 e. The molecule has 0 heterocycles. The number of hydrogen-bond donors (Lipinski definition) is 3. The second-order valence-electron chi connectivity index (χ2n) is 4.21. The molecule has 1 aromatic rings. The molecule has 0 aliphatic rings. The summed E-state index contributed by atoms with van der Waals surface area (Å²) in [7, 11) is -3.56. The monoisotopic (exact) mass is 285 g/mol. The number of anilines is 1. The SMILES string of the molecule is NC(=O)CCCCCNS(=O)(=O)c1ccccc1N. The van der Waals surface area contributed by atoms with Gasteiger partial charge in [-0.3, -0.25) is 4.79 Å². The van der Waals surface area contributed by atoms with Gasteiger partial charge in [-0.15, -0.1) is 0 Å². The van der Waals surface area contributed by atoms with Crippen LogP contribution in [0.4, 0.5) is 5.69 Å². The first-order chi connectivity index (χ1) is 8.93. The Morgan fingerprint density at radius 3 is 2.47 bits per heavy atom. The molecule has 5 N–H and O–H groups in total. The number of amides is 1. The fourth-order valence-corrected chi connectivity index (χ4v) is 2.82. The fourth-order valence-electron chi connectivity index (χ4n) is 1.61. The highest BCUT2D eigenvalue weighted by Crippen LogP contribution is 2.16. The summed E-state index contributed by atoms with van der Waals surface area (Å²) in [6.45, 7) is 0.315. The van der Waals surface area contributed by atoms with Gasteiger partial charge in [-0.2, -0.15) is 0 Å². The zero-order valence-electron chi connectivity index (χ0n) is 10.6. The van der Waals surface area contributed by atoms with Gasteiger partial charge in [-0.05, 0) is 25.0 Å². The van der Waals surface area contributed by atoms with Crippen molar-refractivity contribution in [1.82, 2.24) is 4.72 Å². The molecule has 0 bridgehead atoms. The molecule has 19 heavy (non-hydrogen) atoms. The molecule has 0 aromatic heterocycles. The first kappa shape index (κ1) is 15.5. The Bertz CT molecular complexity index is 529. The van der Waals surface area contributed by atoms with Gasteiger partial charge < -0.3 is 11.5 Å². The van der Waals surface area contributed by atoms with Gasteiger partial charge in [-0.1, -0.05) is 18.6 Å². The molecule has 0 aliphatic carbocycles. The lowest BCUT2D eigenvalue weighted by Crippen LogP contribution is -2.25. The molecule has 106 valence electrons. The van der Waals surface area contributed by atoms with Crippen molar-refractivity contribution in [2.24, 2.45) is 5.73 Å². The van der Waals surface area contributed by atoms with Crippen molar-refractivity contribution in [3.63, 3.8) is 0 Å². The highest BCUT2D eigenvalue weighted by Gasteiger charge is 2.15. The Morgan fingerprint density at radius 1 is 1.16 bits per heavy atom. The number of primary amides is 1. The Kier molecular flexibility index (Phi) is 5.78. The predicted octanol–water partition coefficient (Wildman–Crippen LogP) is 0.593. The molecule has 0 radical (unpaired) electrons. The lowest BCUT2D eigenvalue weighted by molar-refractivity contribution is -0.118. The number of carbonyl (C=O) groups is 1. The standard InChI is InChI=1S/C12H19N3O3S/c13-10-6-3-4-7-11(10)19(17,18)15-9-5-1-2-8-12(14)16/h3-4,6-7,15H,1-2,5,8-9,13H2,(H2,14,16). The van der Waals surface area contributed by atoms with E-state index < -0.39 is 10.0 Å². The maximum absolute atomic E-state index is 11.9. The van der Waals surface area contributed by atoms with E-state index in [2.05, 4.69) is 4.72 Å². The quantitative estimate of drug-likeness (QED) is 0.479. The van der Waals surface area contributed by atoms with E-state index in [-0.39, 0.29) is 16.5 Å². The smallest absolute Gasteiger partial charge is 0.242 e. The van der Waals surface area contributed by atoms with Gasteiger partial charge in [0.25, 0.3) is 0 Å². The summed E-state index contributed by atoms with van der Waals surface area (Å²) in [6.07, 6.45) is 2.40. The second kappa shape index (κ2) is 7.10. The number of para-hydroxylation sites is 1. The molecular formula is C12H19N3O3S. The molecule has 6 nitrogen and oxygen atoms in total. The Hall–Kier alpha value is -1.60. The molecular weight excluding hydrogens is 266 g/mol. The van der Waals surface area contributed by atoms with Crippen LogP contribution in [0.2, 0.25) is 0 Å². The van der Waals surface area contributed by atoms with E-state index in [0.29, 0.717) is 25.8 Å². The van der Waals surface area contributed by atoms with Crippen molar-refractivity contribution in [1.29, 1.82) is 0 Å². The second-order valence-corrected chi connectivity index (χ2v) is 5.95. The van der Waals surface area contributed by atoms with E-state index in [1.807, 2.05) is 0 Å². The van der Waals surface area contributed by atoms with Crippen molar-refractivity contribution in [2.45, 2.75) is 30.6 Å². The topological polar surface area (TPSA) is 115 Å². The normalized spacial score (nSPS) is 11.4. The van der Waals surface area contributed by atoms with Crippen molar-refractivity contribution in [3.8, 4) is 0 Å². The number of nitrogen functional groups attached to an aromatic ring is 1. The highest BCUT2D eigenvalue weighted by atomic mass is 32.2. The Balaban J connectivity index is 2.40. The maximum atomic E-state index is 11.9. The Morgan fingerprint density at radius 2 is 1.84 bits per heavy atom. The molecule has 1 aromatic carbocycles. The number of benzene rings is 1. The minimum absolute atomic E-state index is 0.0899. The maximum Gasteiger partial charge on any atom is 0.242 e. The van der Waals surface area contributed by atoms with E-state index in [9.17, 15) is 13.2 Å². The summed E-state index contributed by atoms with van der Waals surface area (Å²) in [5, 5.41) is 0. The number of hydrogen-bond acceptors (Lipinski definition) is 4. The van der Waals surface area contributed by atoms with Gasteiger partial charge in [0.05, 0.1) is 5.69 Å². The molecule has 0 saturated carbocycles. The summed E-state index contributed by atoms with van der Waals surface area (Å²) in [4.78, 5) is 10.6. The predicted molar refractivity (Wildman–Crippen MR) is 73.7 cm³/mol. The number of nitrogens with one attached hydrogen (secondary N) is 1. The van der Waals surface area contributed by atoms with E-state index in [0.717, 1.165) is 6.42 Å². The molecule has 0 saturated heterocycles. The van der Waals surface area contributed by atoms with E-state index in [1.165, 1.54) is 6.07 Å². The first-order valence-corrected chi connectivity index (χ1v) is 7.54. The van der Waals surface area contributed by atoms with Crippen LogP contribution in [0.5, 0.6) is 0 Å². The minimum atomic E-state index is -3.56. The van der Waals surface area contributed by atoms with Gasteiger partial charge in [0.15, 0.2) is 0 Å². The summed E-state index contributed by atoms with van der Waals surface area (Å²) in [5.41, 5.74) is 10.9. The third-order valence-electron chi connectivity index (χ3n) is 2.60. The number of nitrogens with two attached hydrogens (primary N) is 2. The molecule has 0 atom stereocenters.